The van der Waals surface area contributed by atoms with Gasteiger partial charge >= 0.3 is 5.97 Å². The lowest BCUT2D eigenvalue weighted by atomic mass is 9.33. The fourth-order valence-corrected chi connectivity index (χ4v) is 17.5. The number of allylic oxidation sites excluding steroid dienone is 5. The second-order valence-corrected chi connectivity index (χ2v) is 23.1. The molecule has 0 spiro atoms. The third-order valence-electron chi connectivity index (χ3n) is 18.5. The number of nitrogens with one attached hydrogen (secondary N) is 1. The number of carbonyl (C=O) groups is 2. The Morgan fingerprint density at radius 2 is 1.72 bits per heavy atom. The van der Waals surface area contributed by atoms with E-state index in [0.717, 1.165) is 32.1 Å². The van der Waals surface area contributed by atoms with Crippen LogP contribution in [-0.2, 0) is 19.4 Å². The van der Waals surface area contributed by atoms with Gasteiger partial charge in [-0.05, 0) is 153 Å². The molecule has 4 unspecified atom stereocenters. The van der Waals surface area contributed by atoms with Crippen molar-refractivity contribution in [2.75, 3.05) is 25.5 Å². The lowest BCUT2D eigenvalue weighted by Crippen LogP contribution is -2.68. The second-order valence-electron chi connectivity index (χ2n) is 20.8. The number of halogens is 1. The maximum atomic E-state index is 14.0. The summed E-state index contributed by atoms with van der Waals surface area (Å²) in [4.78, 5) is 27.5. The predicted molar refractivity (Wildman–Crippen MR) is 206 cm³/mol. The van der Waals surface area contributed by atoms with Crippen LogP contribution in [0.3, 0.4) is 0 Å². The van der Waals surface area contributed by atoms with Gasteiger partial charge in [0, 0.05) is 18.1 Å². The van der Waals surface area contributed by atoms with Gasteiger partial charge in [-0.1, -0.05) is 58.9 Å². The third kappa shape index (κ3) is 5.19. The summed E-state index contributed by atoms with van der Waals surface area (Å²) in [5.74, 6) is 1.68. The SMILES string of the molecule is C=C(C)[C@@H]1CC[C@]2(NCC(=O)N3C[C@@H]4CC3CS4(=O)=O)CC[C@]3(C)[C@H](CCC4[C@@]5(C)CC=C(C6=CC[C@](CF)(C(=O)O)CC6)C(C)(C)C5CC[C@]43C)C12. The fourth-order valence-electron chi connectivity index (χ4n) is 15.5. The highest BCUT2D eigenvalue weighted by Gasteiger charge is 2.70. The van der Waals surface area contributed by atoms with E-state index in [9.17, 15) is 27.5 Å². The van der Waals surface area contributed by atoms with Gasteiger partial charge in [-0.3, -0.25) is 9.59 Å². The highest BCUT2D eigenvalue weighted by molar-refractivity contribution is 7.92. The van der Waals surface area contributed by atoms with Crippen LogP contribution in [0.25, 0.3) is 0 Å². The van der Waals surface area contributed by atoms with Gasteiger partial charge in [-0.2, -0.15) is 0 Å². The Kier molecular flexibility index (Phi) is 8.76. The number of nitrogens with zero attached hydrogens (tertiary/aromatic N) is 1. The average Bonchev–Trinajstić information content (AvgIpc) is 3.78. The Morgan fingerprint density at radius 1 is 0.962 bits per heavy atom. The Hall–Kier alpha value is -2.00. The number of sulfone groups is 1. The van der Waals surface area contributed by atoms with Gasteiger partial charge in [0.15, 0.2) is 9.84 Å². The van der Waals surface area contributed by atoms with Crippen LogP contribution in [0, 0.1) is 56.7 Å². The van der Waals surface area contributed by atoms with Crippen LogP contribution >= 0.6 is 0 Å². The summed E-state index contributed by atoms with van der Waals surface area (Å²) >= 11 is 0. The van der Waals surface area contributed by atoms with Gasteiger partial charge < -0.3 is 15.3 Å². The van der Waals surface area contributed by atoms with Crippen molar-refractivity contribution in [1.29, 1.82) is 0 Å². The molecule has 1 amide bonds. The molecular formula is C44H65FN2O5S. The first-order chi connectivity index (χ1) is 24.8. The number of hydrogen-bond acceptors (Lipinski definition) is 5. The van der Waals surface area contributed by atoms with Gasteiger partial charge in [0.25, 0.3) is 0 Å². The van der Waals surface area contributed by atoms with E-state index < -0.39 is 27.9 Å². The molecule has 0 aromatic heterocycles. The summed E-state index contributed by atoms with van der Waals surface area (Å²) in [7, 11) is -3.05. The third-order valence-corrected chi connectivity index (χ3v) is 20.7. The molecule has 6 aliphatic carbocycles. The topological polar surface area (TPSA) is 104 Å². The molecule has 294 valence electrons. The summed E-state index contributed by atoms with van der Waals surface area (Å²) in [5.41, 5.74) is 2.96. The van der Waals surface area contributed by atoms with Crippen LogP contribution < -0.4 is 5.32 Å². The molecule has 2 aliphatic heterocycles. The zero-order valence-corrected chi connectivity index (χ0v) is 34.1. The number of carboxylic acid groups (broad SMARTS) is 1. The van der Waals surface area contributed by atoms with E-state index in [1.54, 1.807) is 0 Å². The Morgan fingerprint density at radius 3 is 2.32 bits per heavy atom. The van der Waals surface area contributed by atoms with E-state index in [1.165, 1.54) is 42.4 Å². The molecular weight excluding hydrogens is 688 g/mol. The molecule has 12 atom stereocenters. The highest BCUT2D eigenvalue weighted by Crippen LogP contribution is 2.76. The van der Waals surface area contributed by atoms with Crippen molar-refractivity contribution in [3.05, 3.63) is 35.5 Å². The van der Waals surface area contributed by atoms with Crippen LogP contribution in [0.15, 0.2) is 35.5 Å². The van der Waals surface area contributed by atoms with E-state index >= 15 is 0 Å². The summed E-state index contributed by atoms with van der Waals surface area (Å²) in [6.07, 6.45) is 16.6. The minimum Gasteiger partial charge on any atom is -0.481 e. The first-order valence-electron chi connectivity index (χ1n) is 20.9. The molecule has 0 radical (unpaired) electrons. The number of hydrogen-bond donors (Lipinski definition) is 2. The molecule has 53 heavy (non-hydrogen) atoms. The zero-order chi connectivity index (χ0) is 38.1. The Labute approximate surface area is 318 Å². The number of rotatable bonds is 7. The number of alkyl halides is 1. The van der Waals surface area contributed by atoms with Crippen LogP contribution in [-0.4, -0.2) is 72.6 Å². The van der Waals surface area contributed by atoms with Crippen molar-refractivity contribution < 1.29 is 27.5 Å². The minimum absolute atomic E-state index is 0.0510. The molecule has 2 bridgehead atoms. The molecule has 0 aromatic rings. The van der Waals surface area contributed by atoms with Gasteiger partial charge in [-0.15, -0.1) is 0 Å². The Bertz CT molecular complexity index is 1770. The number of amides is 1. The highest BCUT2D eigenvalue weighted by atomic mass is 32.2. The molecule has 2 heterocycles. The molecule has 6 fully saturated rings. The van der Waals surface area contributed by atoms with E-state index in [4.69, 9.17) is 0 Å². The quantitative estimate of drug-likeness (QED) is 0.255. The summed E-state index contributed by atoms with van der Waals surface area (Å²) in [6, 6.07) is -0.159. The molecule has 7 nitrogen and oxygen atoms in total. The van der Waals surface area contributed by atoms with Crippen LogP contribution in [0.2, 0.25) is 0 Å². The zero-order valence-electron chi connectivity index (χ0n) is 33.2. The molecule has 0 aromatic carbocycles. The number of carboxylic acids is 1. The monoisotopic (exact) mass is 752 g/mol. The first kappa shape index (κ1) is 37.9. The van der Waals surface area contributed by atoms with E-state index in [-0.39, 0.29) is 63.1 Å². The Balaban J connectivity index is 1.05. The van der Waals surface area contributed by atoms with Crippen molar-refractivity contribution in [2.24, 2.45) is 56.7 Å². The van der Waals surface area contributed by atoms with Crippen molar-refractivity contribution >= 4 is 21.7 Å². The molecule has 2 N–H and O–H groups in total. The van der Waals surface area contributed by atoms with Gasteiger partial charge in [0.05, 0.1) is 23.0 Å². The van der Waals surface area contributed by atoms with Crippen molar-refractivity contribution in [3.8, 4) is 0 Å². The van der Waals surface area contributed by atoms with Crippen LogP contribution in [0.1, 0.15) is 125 Å². The number of aliphatic carboxylic acids is 1. The molecule has 2 saturated heterocycles. The molecule has 4 saturated carbocycles. The summed E-state index contributed by atoms with van der Waals surface area (Å²) < 4.78 is 38.8. The van der Waals surface area contributed by atoms with E-state index in [2.05, 4.69) is 65.6 Å². The lowest BCUT2D eigenvalue weighted by Gasteiger charge is -2.72. The van der Waals surface area contributed by atoms with Gasteiger partial charge in [-0.25, -0.2) is 12.8 Å². The lowest BCUT2D eigenvalue weighted by molar-refractivity contribution is -0.221. The standard InChI is InChI=1S/C44H65FN2O5S/c1-27(2)31-12-19-44(46-23-36(48)47-24-30-22-29(47)25-53(30,51)52)21-20-41(6)33(37(31)44)8-9-35-40(5)15-13-32(39(3,4)34(40)14-16-42(35,41)7)28-10-17-43(26-45,18-11-28)38(49)50/h10,13,29-31,33-35,37,46H,1,8-9,11-12,14-26H2,2-7H3,(H,49,50)/t29?,30-,31-,33+,34?,35?,37?,40-,41+,42+,43-,44-/m0/s1. The van der Waals surface area contributed by atoms with Crippen LogP contribution in [0.4, 0.5) is 4.39 Å². The average molecular weight is 753 g/mol. The fraction of sp³-hybridized carbons (Fsp3) is 0.818. The number of fused-ring (bicyclic) bond motifs is 9. The van der Waals surface area contributed by atoms with Gasteiger partial charge in [0.2, 0.25) is 5.91 Å². The van der Waals surface area contributed by atoms with E-state index in [1.807, 2.05) is 4.90 Å². The summed E-state index contributed by atoms with van der Waals surface area (Å²) in [6.45, 7) is 19.3. The van der Waals surface area contributed by atoms with Crippen molar-refractivity contribution in [1.82, 2.24) is 10.2 Å². The maximum absolute atomic E-state index is 14.0. The smallest absolute Gasteiger partial charge is 0.312 e. The van der Waals surface area contributed by atoms with Crippen LogP contribution in [0.5, 0.6) is 0 Å². The maximum Gasteiger partial charge on any atom is 0.312 e. The predicted octanol–water partition coefficient (Wildman–Crippen LogP) is 8.07. The summed E-state index contributed by atoms with van der Waals surface area (Å²) in [5, 5.41) is 13.4. The largest absolute Gasteiger partial charge is 0.481 e. The second kappa shape index (κ2) is 12.2. The molecule has 8 rings (SSSR count). The minimum atomic E-state index is -3.05. The van der Waals surface area contributed by atoms with Gasteiger partial charge in [0.1, 0.15) is 6.67 Å². The normalized spacial score (nSPS) is 47.8. The number of likely N-dealkylation sites (tertiary alicyclic amines) is 1. The van der Waals surface area contributed by atoms with Crippen molar-refractivity contribution in [2.45, 2.75) is 142 Å². The molecule has 8 aliphatic rings. The molecule has 9 heteroatoms. The first-order valence-corrected chi connectivity index (χ1v) is 22.6. The van der Waals surface area contributed by atoms with Crippen molar-refractivity contribution in [3.63, 3.8) is 0 Å². The number of carbonyl (C=O) groups excluding carboxylic acids is 1. The van der Waals surface area contributed by atoms with E-state index in [0.29, 0.717) is 55.4 Å².